The molecule has 1 saturated heterocycles. The predicted octanol–water partition coefficient (Wildman–Crippen LogP) is 3.43. The van der Waals surface area contributed by atoms with Gasteiger partial charge in [0.05, 0.1) is 6.61 Å². The molecular formula is C22H28F2N2O2. The molecule has 1 heterocycles. The van der Waals surface area contributed by atoms with Crippen LogP contribution in [0.3, 0.4) is 0 Å². The molecule has 1 aliphatic heterocycles. The van der Waals surface area contributed by atoms with E-state index in [4.69, 9.17) is 4.74 Å². The Morgan fingerprint density at radius 1 is 1.07 bits per heavy atom. The molecule has 4 nitrogen and oxygen atoms in total. The van der Waals surface area contributed by atoms with Crippen molar-refractivity contribution < 1.29 is 18.6 Å². The lowest BCUT2D eigenvalue weighted by atomic mass is 10.1. The van der Waals surface area contributed by atoms with Crippen LogP contribution in [0.5, 0.6) is 5.75 Å². The molecule has 6 heteroatoms. The third-order valence-corrected chi connectivity index (χ3v) is 5.20. The number of aliphatic hydroxyl groups excluding tert-OH is 1. The first-order valence-corrected chi connectivity index (χ1v) is 9.82. The zero-order chi connectivity index (χ0) is 19.9. The van der Waals surface area contributed by atoms with E-state index < -0.39 is 5.82 Å². The van der Waals surface area contributed by atoms with E-state index in [9.17, 15) is 13.9 Å². The maximum absolute atomic E-state index is 14.0. The zero-order valence-electron chi connectivity index (χ0n) is 16.3. The Kier molecular flexibility index (Phi) is 7.36. The molecule has 2 aromatic carbocycles. The molecule has 0 spiro atoms. The summed E-state index contributed by atoms with van der Waals surface area (Å²) < 4.78 is 33.2. The molecule has 0 saturated carbocycles. The molecule has 1 N–H and O–H groups in total. The molecule has 0 amide bonds. The van der Waals surface area contributed by atoms with E-state index in [1.807, 2.05) is 25.1 Å². The molecule has 0 radical (unpaired) electrons. The zero-order valence-corrected chi connectivity index (χ0v) is 16.3. The Morgan fingerprint density at radius 2 is 1.89 bits per heavy atom. The second-order valence-electron chi connectivity index (χ2n) is 7.15. The van der Waals surface area contributed by atoms with E-state index in [-0.39, 0.29) is 18.5 Å². The van der Waals surface area contributed by atoms with E-state index in [2.05, 4.69) is 15.9 Å². The minimum atomic E-state index is -0.422. The third kappa shape index (κ3) is 5.28. The van der Waals surface area contributed by atoms with Crippen molar-refractivity contribution in [2.45, 2.75) is 32.5 Å². The third-order valence-electron chi connectivity index (χ3n) is 5.20. The summed E-state index contributed by atoms with van der Waals surface area (Å²) in [5, 5.41) is 9.52. The summed E-state index contributed by atoms with van der Waals surface area (Å²) in [4.78, 5) is 4.47. The highest BCUT2D eigenvalue weighted by Gasteiger charge is 2.27. The second kappa shape index (κ2) is 9.96. The number of rotatable bonds is 8. The van der Waals surface area contributed by atoms with Gasteiger partial charge in [-0.2, -0.15) is 0 Å². The molecule has 0 aliphatic carbocycles. The summed E-state index contributed by atoms with van der Waals surface area (Å²) in [5.41, 5.74) is 1.50. The summed E-state index contributed by atoms with van der Waals surface area (Å²) in [6.07, 6.45) is 0.638. The van der Waals surface area contributed by atoms with Crippen LogP contribution in [0.1, 0.15) is 24.5 Å². The van der Waals surface area contributed by atoms with Crippen LogP contribution in [0.25, 0.3) is 0 Å². The lowest BCUT2D eigenvalue weighted by Gasteiger charge is -2.41. The van der Waals surface area contributed by atoms with E-state index in [1.54, 1.807) is 0 Å². The van der Waals surface area contributed by atoms with E-state index in [1.165, 1.54) is 12.1 Å². The maximum atomic E-state index is 14.0. The summed E-state index contributed by atoms with van der Waals surface area (Å²) in [7, 11) is 0. The van der Waals surface area contributed by atoms with Crippen LogP contribution in [0.15, 0.2) is 42.5 Å². The number of halogens is 2. The van der Waals surface area contributed by atoms with Crippen LogP contribution in [0, 0.1) is 11.6 Å². The Bertz CT molecular complexity index is 772. The topological polar surface area (TPSA) is 35.9 Å². The first-order chi connectivity index (χ1) is 13.6. The average Bonchev–Trinajstić information content (AvgIpc) is 2.68. The molecule has 0 aromatic heterocycles. The van der Waals surface area contributed by atoms with Gasteiger partial charge in [0.15, 0.2) is 0 Å². The fourth-order valence-corrected chi connectivity index (χ4v) is 3.79. The molecule has 1 fully saturated rings. The standard InChI is InChI=1S/C22H28F2N2O2/c1-2-28-22-6-4-3-5-17(22)15-26-11-10-25(16-20(26)9-12-27)14-18-13-19(23)7-8-21(18)24/h3-8,13,20,27H,2,9-12,14-16H2,1H3/t20-/m0/s1. The lowest BCUT2D eigenvalue weighted by Crippen LogP contribution is -2.52. The number of benzene rings is 2. The van der Waals surface area contributed by atoms with Gasteiger partial charge in [0, 0.05) is 56.5 Å². The molecule has 3 rings (SSSR count). The van der Waals surface area contributed by atoms with Crippen molar-refractivity contribution in [2.75, 3.05) is 32.8 Å². The number of piperazine rings is 1. The molecule has 1 atom stereocenters. The highest BCUT2D eigenvalue weighted by Crippen LogP contribution is 2.24. The van der Waals surface area contributed by atoms with Gasteiger partial charge in [-0.25, -0.2) is 8.78 Å². The molecule has 2 aromatic rings. The number of aliphatic hydroxyl groups is 1. The largest absolute Gasteiger partial charge is 0.494 e. The van der Waals surface area contributed by atoms with Gasteiger partial charge in [-0.15, -0.1) is 0 Å². The Hall–Kier alpha value is -2.02. The molecule has 0 unspecified atom stereocenters. The van der Waals surface area contributed by atoms with Crippen molar-refractivity contribution in [1.29, 1.82) is 0 Å². The van der Waals surface area contributed by atoms with Crippen LogP contribution >= 0.6 is 0 Å². The van der Waals surface area contributed by atoms with Gasteiger partial charge in [-0.1, -0.05) is 18.2 Å². The lowest BCUT2D eigenvalue weighted by molar-refractivity contribution is 0.0489. The Balaban J connectivity index is 1.68. The normalized spacial score (nSPS) is 18.4. The number of nitrogens with zero attached hydrogens (tertiary/aromatic N) is 2. The quantitative estimate of drug-likeness (QED) is 0.749. The second-order valence-corrected chi connectivity index (χ2v) is 7.15. The summed E-state index contributed by atoms with van der Waals surface area (Å²) in [6, 6.07) is 11.7. The van der Waals surface area contributed by atoms with Gasteiger partial charge >= 0.3 is 0 Å². The monoisotopic (exact) mass is 390 g/mol. The van der Waals surface area contributed by atoms with Gasteiger partial charge < -0.3 is 9.84 Å². The molecular weight excluding hydrogens is 362 g/mol. The maximum Gasteiger partial charge on any atom is 0.127 e. The SMILES string of the molecule is CCOc1ccccc1CN1CCN(Cc2cc(F)ccc2F)C[C@@H]1CCO. The van der Waals surface area contributed by atoms with Crippen LogP contribution in [0.4, 0.5) is 8.78 Å². The summed E-state index contributed by atoms with van der Waals surface area (Å²) >= 11 is 0. The van der Waals surface area contributed by atoms with Gasteiger partial charge in [0.2, 0.25) is 0 Å². The van der Waals surface area contributed by atoms with Crippen molar-refractivity contribution in [1.82, 2.24) is 9.80 Å². The van der Waals surface area contributed by atoms with Crippen molar-refractivity contribution >= 4 is 0 Å². The minimum absolute atomic E-state index is 0.0937. The van der Waals surface area contributed by atoms with Crippen LogP contribution < -0.4 is 4.74 Å². The summed E-state index contributed by atoms with van der Waals surface area (Å²) in [6.45, 7) is 6.04. The van der Waals surface area contributed by atoms with Gasteiger partial charge in [0.1, 0.15) is 17.4 Å². The smallest absolute Gasteiger partial charge is 0.127 e. The van der Waals surface area contributed by atoms with Crippen molar-refractivity contribution in [3.63, 3.8) is 0 Å². The Morgan fingerprint density at radius 3 is 2.68 bits per heavy atom. The number of hydrogen-bond acceptors (Lipinski definition) is 4. The molecule has 1 aliphatic rings. The molecule has 0 bridgehead atoms. The first kappa shape index (κ1) is 20.7. The van der Waals surface area contributed by atoms with Crippen molar-refractivity contribution in [3.8, 4) is 5.75 Å². The number of ether oxygens (including phenoxy) is 1. The summed E-state index contributed by atoms with van der Waals surface area (Å²) in [5.74, 6) is 0.0830. The molecule has 152 valence electrons. The fourth-order valence-electron chi connectivity index (χ4n) is 3.79. The van der Waals surface area contributed by atoms with Crippen LogP contribution in [0.2, 0.25) is 0 Å². The first-order valence-electron chi connectivity index (χ1n) is 9.82. The van der Waals surface area contributed by atoms with Crippen molar-refractivity contribution in [2.24, 2.45) is 0 Å². The highest BCUT2D eigenvalue weighted by molar-refractivity contribution is 5.33. The number of para-hydroxylation sites is 1. The van der Waals surface area contributed by atoms with E-state index >= 15 is 0 Å². The highest BCUT2D eigenvalue weighted by atomic mass is 19.1. The van der Waals surface area contributed by atoms with E-state index in [0.29, 0.717) is 31.7 Å². The minimum Gasteiger partial charge on any atom is -0.494 e. The molecule has 28 heavy (non-hydrogen) atoms. The average molecular weight is 390 g/mol. The number of hydrogen-bond donors (Lipinski definition) is 1. The van der Waals surface area contributed by atoms with Crippen LogP contribution in [-0.2, 0) is 13.1 Å². The predicted molar refractivity (Wildman–Crippen MR) is 105 cm³/mol. The van der Waals surface area contributed by atoms with Gasteiger partial charge in [-0.05, 0) is 37.6 Å². The van der Waals surface area contributed by atoms with Gasteiger partial charge in [-0.3, -0.25) is 9.80 Å². The fraction of sp³-hybridized carbons (Fsp3) is 0.455. The van der Waals surface area contributed by atoms with Gasteiger partial charge in [0.25, 0.3) is 0 Å². The van der Waals surface area contributed by atoms with Crippen LogP contribution in [-0.4, -0.2) is 53.8 Å². The van der Waals surface area contributed by atoms with E-state index in [0.717, 1.165) is 37.0 Å². The Labute approximate surface area is 165 Å². The van der Waals surface area contributed by atoms with Crippen molar-refractivity contribution in [3.05, 3.63) is 65.2 Å².